The number of rotatable bonds is 3. The van der Waals surface area contributed by atoms with Gasteiger partial charge in [0.1, 0.15) is 6.61 Å². The Morgan fingerprint density at radius 3 is 2.57 bits per heavy atom. The fraction of sp³-hybridized carbons (Fsp3) is 1.00. The van der Waals surface area contributed by atoms with Gasteiger partial charge in [0.2, 0.25) is 0 Å². The second kappa shape index (κ2) is 4.05. The van der Waals surface area contributed by atoms with Crippen molar-refractivity contribution in [3.8, 4) is 0 Å². The van der Waals surface area contributed by atoms with E-state index in [1.54, 1.807) is 7.05 Å². The van der Waals surface area contributed by atoms with Gasteiger partial charge in [0, 0.05) is 6.54 Å². The van der Waals surface area contributed by atoms with Crippen molar-refractivity contribution in [2.75, 3.05) is 20.2 Å². The quantitative estimate of drug-likeness (QED) is 0.482. The molecule has 3 heteroatoms. The van der Waals surface area contributed by atoms with Crippen molar-refractivity contribution in [3.05, 3.63) is 0 Å². The summed E-state index contributed by atoms with van der Waals surface area (Å²) in [6, 6.07) is 0. The lowest BCUT2D eigenvalue weighted by Crippen LogP contribution is -2.25. The molecule has 1 atom stereocenters. The summed E-state index contributed by atoms with van der Waals surface area (Å²) in [6.45, 7) is -0.0235. The second-order valence-corrected chi connectivity index (χ2v) is 1.38. The van der Waals surface area contributed by atoms with Crippen molar-refractivity contribution in [1.29, 1.82) is 0 Å². The van der Waals surface area contributed by atoms with Crippen molar-refractivity contribution in [2.24, 2.45) is 0 Å². The minimum Gasteiger partial charge on any atom is -0.389 e. The first-order chi connectivity index (χ1) is 3.31. The van der Waals surface area contributed by atoms with E-state index < -0.39 is 12.7 Å². The van der Waals surface area contributed by atoms with Crippen LogP contribution >= 0.6 is 0 Å². The highest BCUT2D eigenvalue weighted by Crippen LogP contribution is 1.73. The number of aliphatic hydroxyl groups is 1. The molecule has 0 rings (SSSR count). The lowest BCUT2D eigenvalue weighted by atomic mass is 10.4. The van der Waals surface area contributed by atoms with Gasteiger partial charge in [0.15, 0.2) is 0 Å². The molecule has 0 aromatic carbocycles. The summed E-state index contributed by atoms with van der Waals surface area (Å²) in [5, 5.41) is 20.9. The topological polar surface area (TPSA) is 52.2 Å². The lowest BCUT2D eigenvalue weighted by Gasteiger charge is -2.01. The number of nitrogens with one attached hydrogen (secondary N) is 1. The molecule has 43 valence electrons. The zero-order chi connectivity index (χ0) is 5.70. The molecule has 0 spiro atoms. The normalized spacial score (nSPS) is 14.1. The van der Waals surface area contributed by atoms with Crippen LogP contribution in [0.25, 0.3) is 0 Å². The van der Waals surface area contributed by atoms with Crippen molar-refractivity contribution in [3.63, 3.8) is 0 Å². The van der Waals surface area contributed by atoms with Crippen LogP contribution in [0.4, 0.5) is 0 Å². The van der Waals surface area contributed by atoms with Crippen molar-refractivity contribution in [1.82, 2.24) is 5.32 Å². The van der Waals surface area contributed by atoms with Gasteiger partial charge < -0.3 is 10.4 Å². The first kappa shape index (κ1) is 6.88. The van der Waals surface area contributed by atoms with E-state index in [0.717, 1.165) is 0 Å². The van der Waals surface area contributed by atoms with E-state index in [9.17, 15) is 5.11 Å². The van der Waals surface area contributed by atoms with Crippen LogP contribution in [0.3, 0.4) is 0 Å². The highest BCUT2D eigenvalue weighted by Gasteiger charge is 1.96. The van der Waals surface area contributed by atoms with Gasteiger partial charge in [-0.05, 0) is 7.05 Å². The number of hydrogen-bond acceptors (Lipinski definition) is 2. The highest BCUT2D eigenvalue weighted by atomic mass is 16.3. The number of aliphatic hydroxyl groups excluding tert-OH is 1. The maximum atomic E-state index is 9.73. The molecule has 1 radical (unpaired) electrons. The van der Waals surface area contributed by atoms with Gasteiger partial charge in [0.05, 0.1) is 6.10 Å². The van der Waals surface area contributed by atoms with Crippen molar-refractivity contribution >= 4 is 0 Å². The lowest BCUT2D eigenvalue weighted by molar-refractivity contribution is 0.0567. The van der Waals surface area contributed by atoms with Gasteiger partial charge in [-0.15, -0.1) is 0 Å². The molecule has 0 fully saturated rings. The predicted molar refractivity (Wildman–Crippen MR) is 25.5 cm³/mol. The van der Waals surface area contributed by atoms with E-state index in [1.165, 1.54) is 0 Å². The van der Waals surface area contributed by atoms with E-state index in [2.05, 4.69) is 5.32 Å². The SMILES string of the molecule is CNCC(O)C[O]. The minimum atomic E-state index is -0.718. The fourth-order valence-electron chi connectivity index (χ4n) is 0.295. The van der Waals surface area contributed by atoms with E-state index in [4.69, 9.17) is 5.11 Å². The Balaban J connectivity index is 2.83. The summed E-state index contributed by atoms with van der Waals surface area (Å²) in [5.74, 6) is 0. The molecule has 0 aromatic rings. The Labute approximate surface area is 43.0 Å². The Bertz CT molecular complexity index is 40.7. The third-order valence-corrected chi connectivity index (χ3v) is 0.632. The monoisotopic (exact) mass is 104 g/mol. The molecule has 3 nitrogen and oxygen atoms in total. The van der Waals surface area contributed by atoms with Crippen LogP contribution in [0.5, 0.6) is 0 Å². The van der Waals surface area contributed by atoms with Crippen molar-refractivity contribution in [2.45, 2.75) is 6.10 Å². The molecular weight excluding hydrogens is 94.0 g/mol. The van der Waals surface area contributed by atoms with Crippen LogP contribution in [-0.2, 0) is 5.11 Å². The van der Waals surface area contributed by atoms with Crippen LogP contribution in [-0.4, -0.2) is 31.4 Å². The molecule has 0 aromatic heterocycles. The van der Waals surface area contributed by atoms with Crippen LogP contribution in [0.2, 0.25) is 0 Å². The summed E-state index contributed by atoms with van der Waals surface area (Å²) >= 11 is 0. The number of likely N-dealkylation sites (N-methyl/N-ethyl adjacent to an activating group) is 1. The third-order valence-electron chi connectivity index (χ3n) is 0.632. The molecule has 0 heterocycles. The van der Waals surface area contributed by atoms with E-state index in [0.29, 0.717) is 6.54 Å². The second-order valence-electron chi connectivity index (χ2n) is 1.38. The standard InChI is InChI=1S/C4H10NO2/c1-5-2-4(7)3-6/h4-5,7H,2-3H2,1H3. The summed E-state index contributed by atoms with van der Waals surface area (Å²) in [4.78, 5) is 0. The summed E-state index contributed by atoms with van der Waals surface area (Å²) in [5.41, 5.74) is 0. The molecule has 0 saturated carbocycles. The Kier molecular flexibility index (Phi) is 3.98. The van der Waals surface area contributed by atoms with Gasteiger partial charge >= 0.3 is 0 Å². The van der Waals surface area contributed by atoms with Gasteiger partial charge in [-0.25, -0.2) is 5.11 Å². The Hall–Kier alpha value is -0.120. The van der Waals surface area contributed by atoms with Crippen LogP contribution in [0, 0.1) is 0 Å². The first-order valence-electron chi connectivity index (χ1n) is 2.22. The minimum absolute atomic E-state index is 0.392. The summed E-state index contributed by atoms with van der Waals surface area (Å²) in [7, 11) is 1.69. The molecule has 0 aliphatic rings. The maximum Gasteiger partial charge on any atom is 0.109 e. The van der Waals surface area contributed by atoms with Gasteiger partial charge in [-0.3, -0.25) is 0 Å². The molecule has 0 aliphatic carbocycles. The zero-order valence-electron chi connectivity index (χ0n) is 4.35. The highest BCUT2D eigenvalue weighted by molar-refractivity contribution is 4.51. The van der Waals surface area contributed by atoms with E-state index >= 15 is 0 Å². The van der Waals surface area contributed by atoms with Gasteiger partial charge in [-0.1, -0.05) is 0 Å². The van der Waals surface area contributed by atoms with Crippen LogP contribution in [0.15, 0.2) is 0 Å². The average molecular weight is 104 g/mol. The smallest absolute Gasteiger partial charge is 0.109 e. The molecule has 7 heavy (non-hydrogen) atoms. The van der Waals surface area contributed by atoms with Crippen LogP contribution in [0.1, 0.15) is 0 Å². The molecule has 0 saturated heterocycles. The Morgan fingerprint density at radius 2 is 2.43 bits per heavy atom. The third kappa shape index (κ3) is 3.72. The van der Waals surface area contributed by atoms with E-state index in [1.807, 2.05) is 0 Å². The Morgan fingerprint density at radius 1 is 1.86 bits per heavy atom. The molecule has 0 aliphatic heterocycles. The maximum absolute atomic E-state index is 9.73. The van der Waals surface area contributed by atoms with E-state index in [-0.39, 0.29) is 0 Å². The first-order valence-corrected chi connectivity index (χ1v) is 2.22. The van der Waals surface area contributed by atoms with Crippen LogP contribution < -0.4 is 5.32 Å². The molecular formula is C4H10NO2. The molecule has 0 bridgehead atoms. The predicted octanol–water partition coefficient (Wildman–Crippen LogP) is -1.00. The molecule has 2 N–H and O–H groups in total. The average Bonchev–Trinajstić information content (AvgIpc) is 1.68. The molecule has 0 amide bonds. The fourth-order valence-corrected chi connectivity index (χ4v) is 0.295. The summed E-state index contributed by atoms with van der Waals surface area (Å²) in [6.07, 6.45) is -0.718. The van der Waals surface area contributed by atoms with Gasteiger partial charge in [0.25, 0.3) is 0 Å². The zero-order valence-corrected chi connectivity index (χ0v) is 4.35. The molecule has 1 unspecified atom stereocenters. The van der Waals surface area contributed by atoms with Crippen molar-refractivity contribution < 1.29 is 10.2 Å². The number of hydrogen-bond donors (Lipinski definition) is 2. The van der Waals surface area contributed by atoms with Gasteiger partial charge in [-0.2, -0.15) is 0 Å². The largest absolute Gasteiger partial charge is 0.389 e. The summed E-state index contributed by atoms with van der Waals surface area (Å²) < 4.78 is 0.